The number of carbonyl (C=O) groups is 1. The largest absolute Gasteiger partial charge is 0.477 e. The van der Waals surface area contributed by atoms with E-state index in [9.17, 15) is 14.0 Å². The number of aromatic nitrogens is 2. The van der Waals surface area contributed by atoms with E-state index in [0.29, 0.717) is 19.6 Å². The first kappa shape index (κ1) is 18.2. The smallest absolute Gasteiger partial charge is 0.341 e. The second-order valence-corrected chi connectivity index (χ2v) is 5.62. The fourth-order valence-corrected chi connectivity index (χ4v) is 2.87. The maximum Gasteiger partial charge on any atom is 0.341 e. The van der Waals surface area contributed by atoms with E-state index in [1.165, 1.54) is 6.20 Å². The zero-order valence-electron chi connectivity index (χ0n) is 13.0. The van der Waals surface area contributed by atoms with Crippen molar-refractivity contribution in [2.75, 3.05) is 18.0 Å². The highest BCUT2D eigenvalue weighted by molar-refractivity contribution is 5.92. The van der Waals surface area contributed by atoms with Crippen LogP contribution in [0.25, 0.3) is 11.0 Å². The van der Waals surface area contributed by atoms with Gasteiger partial charge in [-0.05, 0) is 19.4 Å². The molecule has 0 bridgehead atoms. The first-order valence-corrected chi connectivity index (χ1v) is 7.40. The Balaban J connectivity index is 0.00000208. The Morgan fingerprint density at radius 1 is 1.54 bits per heavy atom. The molecule has 1 fully saturated rings. The normalized spacial score (nSPS) is 17.1. The number of carboxylic acid groups (broad SMARTS) is 1. The number of fused-ring (bicyclic) bond motifs is 1. The highest BCUT2D eigenvalue weighted by Gasteiger charge is 2.25. The van der Waals surface area contributed by atoms with Crippen LogP contribution in [0.2, 0.25) is 0 Å². The van der Waals surface area contributed by atoms with Gasteiger partial charge in [0.25, 0.3) is 0 Å². The molecule has 0 saturated carbocycles. The highest BCUT2D eigenvalue weighted by atomic mass is 35.5. The average molecular weight is 357 g/mol. The van der Waals surface area contributed by atoms with Gasteiger partial charge in [0.15, 0.2) is 11.6 Å². The predicted molar refractivity (Wildman–Crippen MR) is 90.6 cm³/mol. The van der Waals surface area contributed by atoms with Crippen molar-refractivity contribution in [3.63, 3.8) is 0 Å². The van der Waals surface area contributed by atoms with Crippen LogP contribution in [0.4, 0.5) is 10.2 Å². The van der Waals surface area contributed by atoms with Crippen LogP contribution in [0, 0.1) is 5.82 Å². The lowest BCUT2D eigenvalue weighted by Crippen LogP contribution is -2.28. The third kappa shape index (κ3) is 2.94. The standard InChI is InChI=1S/C15H17FN4O3.ClH/c1-2-19-7-10(15(22)23)12(21)9-5-11(16)14(18-13(9)19)20-4-3-8(17)6-20;/h5,7-8H,2-4,6,17H2,1H3,(H,22,23);1H. The molecule has 1 aliphatic heterocycles. The van der Waals surface area contributed by atoms with E-state index in [-0.39, 0.29) is 35.3 Å². The first-order valence-electron chi connectivity index (χ1n) is 7.40. The van der Waals surface area contributed by atoms with E-state index in [2.05, 4.69) is 4.98 Å². The van der Waals surface area contributed by atoms with Gasteiger partial charge in [0.05, 0.1) is 5.39 Å². The number of hydrogen-bond donors (Lipinski definition) is 2. The van der Waals surface area contributed by atoms with Crippen LogP contribution in [0.5, 0.6) is 0 Å². The van der Waals surface area contributed by atoms with Crippen LogP contribution in [0.15, 0.2) is 17.1 Å². The van der Waals surface area contributed by atoms with Gasteiger partial charge in [-0.15, -0.1) is 12.4 Å². The molecule has 0 radical (unpaired) electrons. The van der Waals surface area contributed by atoms with Gasteiger partial charge in [-0.25, -0.2) is 14.2 Å². The summed E-state index contributed by atoms with van der Waals surface area (Å²) in [5, 5.41) is 9.09. The zero-order chi connectivity index (χ0) is 16.7. The van der Waals surface area contributed by atoms with Crippen LogP contribution in [-0.2, 0) is 6.54 Å². The molecule has 2 aromatic heterocycles. The molecule has 1 aliphatic rings. The van der Waals surface area contributed by atoms with Gasteiger partial charge in [0, 0.05) is 31.9 Å². The highest BCUT2D eigenvalue weighted by Crippen LogP contribution is 2.24. The van der Waals surface area contributed by atoms with E-state index in [0.717, 1.165) is 12.5 Å². The third-order valence-corrected chi connectivity index (χ3v) is 4.08. The van der Waals surface area contributed by atoms with Crippen molar-refractivity contribution < 1.29 is 14.3 Å². The van der Waals surface area contributed by atoms with Crippen LogP contribution >= 0.6 is 12.4 Å². The molecule has 1 saturated heterocycles. The number of halogens is 2. The van der Waals surface area contributed by atoms with Gasteiger partial charge in [0.1, 0.15) is 11.2 Å². The molecule has 0 spiro atoms. The number of nitrogens with two attached hydrogens (primary N) is 1. The minimum absolute atomic E-state index is 0. The molecule has 2 aromatic rings. The number of carboxylic acids is 1. The molecule has 130 valence electrons. The van der Waals surface area contributed by atoms with Gasteiger partial charge in [-0.3, -0.25) is 4.79 Å². The molecule has 9 heteroatoms. The maximum atomic E-state index is 14.4. The molecule has 0 amide bonds. The Hall–Kier alpha value is -2.19. The van der Waals surface area contributed by atoms with Crippen LogP contribution in [-0.4, -0.2) is 39.8 Å². The van der Waals surface area contributed by atoms with Crippen LogP contribution < -0.4 is 16.1 Å². The maximum absolute atomic E-state index is 14.4. The third-order valence-electron chi connectivity index (χ3n) is 4.08. The lowest BCUT2D eigenvalue weighted by atomic mass is 10.2. The summed E-state index contributed by atoms with van der Waals surface area (Å²) in [4.78, 5) is 29.5. The molecule has 3 N–H and O–H groups in total. The molecule has 24 heavy (non-hydrogen) atoms. The summed E-state index contributed by atoms with van der Waals surface area (Å²) in [5.41, 5.74) is 5.00. The van der Waals surface area contributed by atoms with E-state index in [1.54, 1.807) is 16.4 Å². The van der Waals surface area contributed by atoms with Gasteiger partial charge in [-0.1, -0.05) is 0 Å². The number of aryl methyl sites for hydroxylation is 1. The Labute approximate surface area is 143 Å². The van der Waals surface area contributed by atoms with Crippen LogP contribution in [0.3, 0.4) is 0 Å². The van der Waals surface area contributed by atoms with E-state index in [1.807, 2.05) is 0 Å². The van der Waals surface area contributed by atoms with Crippen molar-refractivity contribution in [1.82, 2.24) is 9.55 Å². The Bertz CT molecular complexity index is 855. The predicted octanol–water partition coefficient (Wildman–Crippen LogP) is 1.21. The number of hydrogen-bond acceptors (Lipinski definition) is 5. The summed E-state index contributed by atoms with van der Waals surface area (Å²) in [6.45, 7) is 3.31. The monoisotopic (exact) mass is 356 g/mol. The van der Waals surface area contributed by atoms with Crippen molar-refractivity contribution in [3.05, 3.63) is 33.9 Å². The second kappa shape index (κ2) is 6.74. The number of aromatic carboxylic acids is 1. The summed E-state index contributed by atoms with van der Waals surface area (Å²) in [7, 11) is 0. The SMILES string of the molecule is CCn1cc(C(=O)O)c(=O)c2cc(F)c(N3CCC(N)C3)nc21.Cl. The molecule has 1 unspecified atom stereocenters. The molecular weight excluding hydrogens is 339 g/mol. The molecule has 0 aliphatic carbocycles. The summed E-state index contributed by atoms with van der Waals surface area (Å²) in [5.74, 6) is -1.84. The number of rotatable bonds is 3. The van der Waals surface area contributed by atoms with E-state index < -0.39 is 22.8 Å². The van der Waals surface area contributed by atoms with E-state index in [4.69, 9.17) is 10.8 Å². The molecule has 0 aromatic carbocycles. The Kier molecular flexibility index (Phi) is 5.10. The number of pyridine rings is 2. The number of anilines is 1. The van der Waals surface area contributed by atoms with Crippen molar-refractivity contribution in [2.24, 2.45) is 5.73 Å². The van der Waals surface area contributed by atoms with Gasteiger partial charge < -0.3 is 20.3 Å². The molecule has 1 atom stereocenters. The summed E-state index contributed by atoms with van der Waals surface area (Å²) < 4.78 is 15.9. The Morgan fingerprint density at radius 3 is 2.79 bits per heavy atom. The minimum atomic E-state index is -1.34. The minimum Gasteiger partial charge on any atom is -0.477 e. The molecule has 3 rings (SSSR count). The van der Waals surface area contributed by atoms with Crippen molar-refractivity contribution in [2.45, 2.75) is 25.9 Å². The van der Waals surface area contributed by atoms with Gasteiger partial charge in [-0.2, -0.15) is 0 Å². The van der Waals surface area contributed by atoms with E-state index >= 15 is 0 Å². The van der Waals surface area contributed by atoms with Crippen molar-refractivity contribution in [1.29, 1.82) is 0 Å². The Morgan fingerprint density at radius 2 is 2.25 bits per heavy atom. The van der Waals surface area contributed by atoms with Crippen molar-refractivity contribution in [3.8, 4) is 0 Å². The quantitative estimate of drug-likeness (QED) is 0.857. The summed E-state index contributed by atoms with van der Waals surface area (Å²) in [6, 6.07) is 1.04. The second-order valence-electron chi connectivity index (χ2n) is 5.62. The topological polar surface area (TPSA) is 101 Å². The fraction of sp³-hybridized carbons (Fsp3) is 0.400. The van der Waals surface area contributed by atoms with Crippen molar-refractivity contribution >= 4 is 35.2 Å². The first-order chi connectivity index (χ1) is 10.9. The molecular formula is C15H18ClFN4O3. The fourth-order valence-electron chi connectivity index (χ4n) is 2.87. The summed E-state index contributed by atoms with van der Waals surface area (Å²) in [6.07, 6.45) is 2.00. The van der Waals surface area contributed by atoms with Gasteiger partial charge >= 0.3 is 5.97 Å². The molecule has 7 nitrogen and oxygen atoms in total. The van der Waals surface area contributed by atoms with Gasteiger partial charge in [0.2, 0.25) is 5.43 Å². The lowest BCUT2D eigenvalue weighted by Gasteiger charge is -2.19. The lowest BCUT2D eigenvalue weighted by molar-refractivity contribution is 0.0695. The summed E-state index contributed by atoms with van der Waals surface area (Å²) >= 11 is 0. The van der Waals surface area contributed by atoms with Crippen LogP contribution in [0.1, 0.15) is 23.7 Å². The number of nitrogens with zero attached hydrogens (tertiary/aromatic N) is 3. The molecule has 3 heterocycles. The average Bonchev–Trinajstić information content (AvgIpc) is 2.93. The zero-order valence-corrected chi connectivity index (χ0v) is 13.8.